The molecular formula is C25H29BrN2O3. The van der Waals surface area contributed by atoms with E-state index in [1.165, 1.54) is 5.56 Å². The van der Waals surface area contributed by atoms with Crippen LogP contribution < -0.4 is 19.5 Å². The number of nitrogens with zero attached hydrogens (tertiary/aromatic N) is 1. The molecule has 0 aliphatic heterocycles. The molecule has 0 radical (unpaired) electrons. The predicted molar refractivity (Wildman–Crippen MR) is 127 cm³/mol. The monoisotopic (exact) mass is 484 g/mol. The predicted octanol–water partition coefficient (Wildman–Crippen LogP) is 5.69. The Morgan fingerprint density at radius 3 is 2.52 bits per heavy atom. The molecule has 5 nitrogen and oxygen atoms in total. The van der Waals surface area contributed by atoms with E-state index in [2.05, 4.69) is 57.4 Å². The Balaban J connectivity index is 1.50. The van der Waals surface area contributed by atoms with Crippen LogP contribution >= 0.6 is 15.9 Å². The van der Waals surface area contributed by atoms with Crippen LogP contribution in [0.1, 0.15) is 30.0 Å². The van der Waals surface area contributed by atoms with E-state index < -0.39 is 0 Å². The van der Waals surface area contributed by atoms with Crippen LogP contribution in [-0.4, -0.2) is 24.7 Å². The molecule has 6 heteroatoms. The first-order valence-corrected chi connectivity index (χ1v) is 11.3. The van der Waals surface area contributed by atoms with Crippen molar-refractivity contribution in [2.45, 2.75) is 33.4 Å². The van der Waals surface area contributed by atoms with E-state index in [0.717, 1.165) is 46.6 Å². The summed E-state index contributed by atoms with van der Waals surface area (Å²) in [5.74, 6) is 2.16. The number of pyridine rings is 1. The summed E-state index contributed by atoms with van der Waals surface area (Å²) in [6.45, 7) is 7.33. The lowest BCUT2D eigenvalue weighted by Crippen LogP contribution is -2.17. The number of halogens is 1. The molecule has 0 unspecified atom stereocenters. The quantitative estimate of drug-likeness (QED) is 0.334. The van der Waals surface area contributed by atoms with E-state index in [4.69, 9.17) is 14.2 Å². The number of aromatic nitrogens is 1. The second kappa shape index (κ2) is 12.3. The molecule has 164 valence electrons. The van der Waals surface area contributed by atoms with Gasteiger partial charge in [0.05, 0.1) is 13.2 Å². The summed E-state index contributed by atoms with van der Waals surface area (Å²) >= 11 is 3.67. The maximum atomic E-state index is 6.05. The van der Waals surface area contributed by atoms with Gasteiger partial charge in [0.2, 0.25) is 5.88 Å². The zero-order chi connectivity index (χ0) is 21.9. The van der Waals surface area contributed by atoms with Crippen LogP contribution in [0.25, 0.3) is 0 Å². The molecule has 3 rings (SSSR count). The zero-order valence-electron chi connectivity index (χ0n) is 18.1. The van der Waals surface area contributed by atoms with E-state index in [1.807, 2.05) is 37.3 Å². The number of hydrogen-bond donors (Lipinski definition) is 1. The third-order valence-electron chi connectivity index (χ3n) is 4.63. The molecule has 1 heterocycles. The third-order valence-corrected chi connectivity index (χ3v) is 5.37. The minimum atomic E-state index is 0.501. The summed E-state index contributed by atoms with van der Waals surface area (Å²) < 4.78 is 18.5. The van der Waals surface area contributed by atoms with E-state index in [-0.39, 0.29) is 0 Å². The van der Waals surface area contributed by atoms with Crippen LogP contribution in [0, 0.1) is 6.92 Å². The van der Waals surface area contributed by atoms with E-state index in [0.29, 0.717) is 25.7 Å². The fraction of sp³-hybridized carbons (Fsp3) is 0.320. The minimum Gasteiger partial charge on any atom is -0.490 e. The van der Waals surface area contributed by atoms with Crippen molar-refractivity contribution in [1.29, 1.82) is 0 Å². The Morgan fingerprint density at radius 1 is 0.968 bits per heavy atom. The maximum absolute atomic E-state index is 6.05. The average molecular weight is 485 g/mol. The highest BCUT2D eigenvalue weighted by atomic mass is 79.9. The van der Waals surface area contributed by atoms with Gasteiger partial charge in [-0.1, -0.05) is 51.8 Å². The van der Waals surface area contributed by atoms with Gasteiger partial charge in [0, 0.05) is 23.3 Å². The Labute approximate surface area is 192 Å². The third kappa shape index (κ3) is 7.56. The maximum Gasteiger partial charge on any atom is 0.213 e. The zero-order valence-corrected chi connectivity index (χ0v) is 19.7. The fourth-order valence-corrected chi connectivity index (χ4v) is 3.43. The van der Waals surface area contributed by atoms with Crippen LogP contribution in [-0.2, 0) is 13.2 Å². The van der Waals surface area contributed by atoms with Crippen molar-refractivity contribution in [3.63, 3.8) is 0 Å². The van der Waals surface area contributed by atoms with Crippen LogP contribution in [0.15, 0.2) is 65.3 Å². The molecule has 0 saturated heterocycles. The molecule has 0 saturated carbocycles. The van der Waals surface area contributed by atoms with E-state index >= 15 is 0 Å². The molecular weight excluding hydrogens is 456 g/mol. The molecule has 0 aliphatic rings. The molecule has 0 fully saturated rings. The van der Waals surface area contributed by atoms with Gasteiger partial charge >= 0.3 is 0 Å². The average Bonchev–Trinajstić information content (AvgIpc) is 2.78. The van der Waals surface area contributed by atoms with Gasteiger partial charge in [-0.3, -0.25) is 0 Å². The smallest absolute Gasteiger partial charge is 0.213 e. The Kier molecular flexibility index (Phi) is 9.18. The SMILES string of the molecule is CCOc1cc(CNCCCOc2ccccn2)c(Br)cc1OCc1ccc(C)cc1. The Bertz CT molecular complexity index is 934. The minimum absolute atomic E-state index is 0.501. The van der Waals surface area contributed by atoms with Crippen molar-refractivity contribution in [2.75, 3.05) is 19.8 Å². The van der Waals surface area contributed by atoms with Crippen molar-refractivity contribution in [1.82, 2.24) is 10.3 Å². The van der Waals surface area contributed by atoms with Crippen LogP contribution in [0.5, 0.6) is 17.4 Å². The highest BCUT2D eigenvalue weighted by Gasteiger charge is 2.11. The lowest BCUT2D eigenvalue weighted by molar-refractivity contribution is 0.268. The van der Waals surface area contributed by atoms with Crippen LogP contribution in [0.4, 0.5) is 0 Å². The van der Waals surface area contributed by atoms with Crippen molar-refractivity contribution < 1.29 is 14.2 Å². The lowest BCUT2D eigenvalue weighted by Gasteiger charge is -2.16. The van der Waals surface area contributed by atoms with Gasteiger partial charge < -0.3 is 19.5 Å². The lowest BCUT2D eigenvalue weighted by atomic mass is 10.1. The summed E-state index contributed by atoms with van der Waals surface area (Å²) in [5.41, 5.74) is 3.49. The van der Waals surface area contributed by atoms with Crippen molar-refractivity contribution >= 4 is 15.9 Å². The Hall–Kier alpha value is -2.57. The standard InChI is InChI=1S/C25H29BrN2O3/c1-3-29-23-15-21(17-27-12-6-14-30-25-7-4-5-13-28-25)22(26)16-24(23)31-18-20-10-8-19(2)9-11-20/h4-5,7-11,13,15-16,27H,3,6,12,14,17-18H2,1-2H3. The van der Waals surface area contributed by atoms with Gasteiger partial charge in [0.1, 0.15) is 6.61 Å². The molecule has 1 N–H and O–H groups in total. The summed E-state index contributed by atoms with van der Waals surface area (Å²) in [6, 6.07) is 18.0. The van der Waals surface area contributed by atoms with Gasteiger partial charge in [0.15, 0.2) is 11.5 Å². The Morgan fingerprint density at radius 2 is 1.77 bits per heavy atom. The number of ether oxygens (including phenoxy) is 3. The first-order chi connectivity index (χ1) is 15.2. The second-order valence-electron chi connectivity index (χ2n) is 7.14. The first-order valence-electron chi connectivity index (χ1n) is 10.5. The fourth-order valence-electron chi connectivity index (χ4n) is 2.97. The molecule has 0 spiro atoms. The van der Waals surface area contributed by atoms with Crippen LogP contribution in [0.2, 0.25) is 0 Å². The number of hydrogen-bond acceptors (Lipinski definition) is 5. The molecule has 0 bridgehead atoms. The number of benzene rings is 2. The van der Waals surface area contributed by atoms with Crippen molar-refractivity contribution in [3.8, 4) is 17.4 Å². The summed E-state index contributed by atoms with van der Waals surface area (Å²) in [6.07, 6.45) is 2.62. The highest BCUT2D eigenvalue weighted by Crippen LogP contribution is 2.34. The molecule has 3 aromatic rings. The van der Waals surface area contributed by atoms with Gasteiger partial charge in [-0.2, -0.15) is 0 Å². The summed E-state index contributed by atoms with van der Waals surface area (Å²) in [4.78, 5) is 4.15. The van der Waals surface area contributed by atoms with Gasteiger partial charge in [0.25, 0.3) is 0 Å². The molecule has 0 amide bonds. The van der Waals surface area contributed by atoms with Crippen LogP contribution in [0.3, 0.4) is 0 Å². The normalized spacial score (nSPS) is 10.7. The van der Waals surface area contributed by atoms with Gasteiger partial charge in [-0.25, -0.2) is 4.98 Å². The molecule has 1 aromatic heterocycles. The molecule has 31 heavy (non-hydrogen) atoms. The van der Waals surface area contributed by atoms with Gasteiger partial charge in [-0.05, 0) is 56.1 Å². The molecule has 0 aliphatic carbocycles. The summed E-state index contributed by atoms with van der Waals surface area (Å²) in [5, 5.41) is 3.45. The second-order valence-corrected chi connectivity index (χ2v) is 8.00. The number of rotatable bonds is 12. The largest absolute Gasteiger partial charge is 0.490 e. The van der Waals surface area contributed by atoms with Gasteiger partial charge in [-0.15, -0.1) is 0 Å². The molecule has 0 atom stereocenters. The van der Waals surface area contributed by atoms with Crippen molar-refractivity contribution in [3.05, 3.63) is 82.0 Å². The topological polar surface area (TPSA) is 52.6 Å². The van der Waals surface area contributed by atoms with E-state index in [9.17, 15) is 0 Å². The van der Waals surface area contributed by atoms with E-state index in [1.54, 1.807) is 6.20 Å². The highest BCUT2D eigenvalue weighted by molar-refractivity contribution is 9.10. The molecule has 2 aromatic carbocycles. The number of aryl methyl sites for hydroxylation is 1. The first kappa shape index (κ1) is 23.1. The number of nitrogens with one attached hydrogen (secondary N) is 1. The summed E-state index contributed by atoms with van der Waals surface area (Å²) in [7, 11) is 0. The van der Waals surface area contributed by atoms with Crippen molar-refractivity contribution in [2.24, 2.45) is 0 Å².